The average molecular weight is 320 g/mol. The van der Waals surface area contributed by atoms with E-state index in [1.165, 1.54) is 5.57 Å². The minimum atomic E-state index is -0.166. The molecule has 3 heteroatoms. The van der Waals surface area contributed by atoms with Gasteiger partial charge in [0, 0.05) is 12.1 Å². The summed E-state index contributed by atoms with van der Waals surface area (Å²) in [7, 11) is 0. The number of allylic oxidation sites excluding steroid dienone is 1. The summed E-state index contributed by atoms with van der Waals surface area (Å²) in [6, 6.07) is 14.1. The van der Waals surface area contributed by atoms with Crippen LogP contribution >= 0.6 is 0 Å². The standard InChI is InChI=1S/C21H24N2O/c1-14-10-17-15(2)12-21(3,4)23-19(17)18(11-14)20(24)22-13-16-8-6-5-7-9-16/h5-12,23H,13H2,1-4H3,(H,22,24). The first kappa shape index (κ1) is 16.3. The van der Waals surface area contributed by atoms with Crippen molar-refractivity contribution in [2.24, 2.45) is 0 Å². The summed E-state index contributed by atoms with van der Waals surface area (Å²) in [4.78, 5) is 12.8. The van der Waals surface area contributed by atoms with E-state index in [-0.39, 0.29) is 11.4 Å². The predicted octanol–water partition coefficient (Wildman–Crippen LogP) is 4.53. The number of rotatable bonds is 3. The van der Waals surface area contributed by atoms with Crippen LogP contribution in [0.4, 0.5) is 5.69 Å². The van der Waals surface area contributed by atoms with Crippen molar-refractivity contribution in [3.05, 3.63) is 70.8 Å². The SMILES string of the molecule is CC1=CC(C)(C)Nc2c(C(=O)NCc3ccccc3)cc(C)cc21. The summed E-state index contributed by atoms with van der Waals surface area (Å²) >= 11 is 0. The van der Waals surface area contributed by atoms with Gasteiger partial charge in [-0.15, -0.1) is 0 Å². The van der Waals surface area contributed by atoms with Gasteiger partial charge in [-0.05, 0) is 56.5 Å². The van der Waals surface area contributed by atoms with Crippen molar-refractivity contribution in [2.75, 3.05) is 5.32 Å². The van der Waals surface area contributed by atoms with Gasteiger partial charge in [0.25, 0.3) is 5.91 Å². The lowest BCUT2D eigenvalue weighted by Gasteiger charge is -2.33. The topological polar surface area (TPSA) is 41.1 Å². The van der Waals surface area contributed by atoms with E-state index in [2.05, 4.69) is 43.5 Å². The number of anilines is 1. The van der Waals surface area contributed by atoms with Crippen LogP contribution in [-0.4, -0.2) is 11.4 Å². The van der Waals surface area contributed by atoms with Gasteiger partial charge in [-0.25, -0.2) is 0 Å². The molecule has 2 N–H and O–H groups in total. The molecule has 1 aliphatic rings. The van der Waals surface area contributed by atoms with Crippen LogP contribution in [-0.2, 0) is 6.54 Å². The number of benzene rings is 2. The quantitative estimate of drug-likeness (QED) is 0.872. The molecule has 0 spiro atoms. The van der Waals surface area contributed by atoms with Crippen molar-refractivity contribution in [1.29, 1.82) is 0 Å². The maximum atomic E-state index is 12.8. The third-order valence-corrected chi connectivity index (χ3v) is 4.27. The van der Waals surface area contributed by atoms with E-state index in [1.807, 2.05) is 43.3 Å². The van der Waals surface area contributed by atoms with Crippen molar-refractivity contribution < 1.29 is 4.79 Å². The zero-order valence-electron chi connectivity index (χ0n) is 14.7. The summed E-state index contributed by atoms with van der Waals surface area (Å²) < 4.78 is 0. The van der Waals surface area contributed by atoms with E-state index in [1.54, 1.807) is 0 Å². The van der Waals surface area contributed by atoms with Gasteiger partial charge in [-0.1, -0.05) is 36.4 Å². The summed E-state index contributed by atoms with van der Waals surface area (Å²) in [6.07, 6.45) is 2.21. The van der Waals surface area contributed by atoms with E-state index in [9.17, 15) is 4.79 Å². The molecule has 0 aliphatic carbocycles. The fourth-order valence-electron chi connectivity index (χ4n) is 3.26. The van der Waals surface area contributed by atoms with Gasteiger partial charge in [-0.3, -0.25) is 4.79 Å². The number of aryl methyl sites for hydroxylation is 1. The highest BCUT2D eigenvalue weighted by Crippen LogP contribution is 2.36. The molecule has 0 aromatic heterocycles. The minimum absolute atomic E-state index is 0.0446. The zero-order chi connectivity index (χ0) is 17.3. The van der Waals surface area contributed by atoms with Crippen LogP contribution in [0.2, 0.25) is 0 Å². The van der Waals surface area contributed by atoms with Gasteiger partial charge in [0.2, 0.25) is 0 Å². The Kier molecular flexibility index (Phi) is 4.18. The Labute approximate surface area is 143 Å². The van der Waals surface area contributed by atoms with E-state index >= 15 is 0 Å². The van der Waals surface area contributed by atoms with Crippen molar-refractivity contribution >= 4 is 17.2 Å². The van der Waals surface area contributed by atoms with Gasteiger partial charge in [-0.2, -0.15) is 0 Å². The minimum Gasteiger partial charge on any atom is -0.376 e. The van der Waals surface area contributed by atoms with Crippen LogP contribution in [0.25, 0.3) is 5.57 Å². The molecule has 0 fully saturated rings. The van der Waals surface area contributed by atoms with Crippen LogP contribution in [0.15, 0.2) is 48.5 Å². The number of carbonyl (C=O) groups excluding carboxylic acids is 1. The normalized spacial score (nSPS) is 15.1. The van der Waals surface area contributed by atoms with Gasteiger partial charge >= 0.3 is 0 Å². The zero-order valence-corrected chi connectivity index (χ0v) is 14.7. The first-order valence-corrected chi connectivity index (χ1v) is 8.30. The van der Waals surface area contributed by atoms with Gasteiger partial charge in [0.1, 0.15) is 0 Å². The molecule has 0 saturated carbocycles. The molecule has 2 aromatic carbocycles. The molecule has 1 heterocycles. The highest BCUT2D eigenvalue weighted by Gasteiger charge is 2.26. The van der Waals surface area contributed by atoms with Crippen molar-refractivity contribution in [3.8, 4) is 0 Å². The van der Waals surface area contributed by atoms with Crippen LogP contribution in [0, 0.1) is 6.92 Å². The molecule has 3 nitrogen and oxygen atoms in total. The summed E-state index contributed by atoms with van der Waals surface area (Å²) in [6.45, 7) is 8.89. The first-order valence-electron chi connectivity index (χ1n) is 8.30. The monoisotopic (exact) mass is 320 g/mol. The molecule has 0 unspecified atom stereocenters. The second kappa shape index (κ2) is 6.16. The van der Waals surface area contributed by atoms with E-state index in [4.69, 9.17) is 0 Å². The van der Waals surface area contributed by atoms with E-state index in [0.717, 1.165) is 22.4 Å². The molecule has 24 heavy (non-hydrogen) atoms. The number of hydrogen-bond acceptors (Lipinski definition) is 2. The number of hydrogen-bond donors (Lipinski definition) is 2. The van der Waals surface area contributed by atoms with Crippen LogP contribution in [0.5, 0.6) is 0 Å². The van der Waals surface area contributed by atoms with Crippen LogP contribution in [0.1, 0.15) is 47.8 Å². The highest BCUT2D eigenvalue weighted by atomic mass is 16.1. The summed E-state index contributed by atoms with van der Waals surface area (Å²) in [5.41, 5.74) is 5.97. The first-order chi connectivity index (χ1) is 11.4. The molecule has 0 bridgehead atoms. The second-order valence-electron chi connectivity index (χ2n) is 7.08. The lowest BCUT2D eigenvalue weighted by molar-refractivity contribution is 0.0951. The van der Waals surface area contributed by atoms with Crippen molar-refractivity contribution in [2.45, 2.75) is 39.8 Å². The maximum absolute atomic E-state index is 12.8. The van der Waals surface area contributed by atoms with Crippen LogP contribution < -0.4 is 10.6 Å². The third-order valence-electron chi connectivity index (χ3n) is 4.27. The predicted molar refractivity (Wildman–Crippen MR) is 100 cm³/mol. The Hall–Kier alpha value is -2.55. The summed E-state index contributed by atoms with van der Waals surface area (Å²) in [5.74, 6) is -0.0446. The Morgan fingerprint density at radius 1 is 1.12 bits per heavy atom. The number of fused-ring (bicyclic) bond motifs is 1. The Morgan fingerprint density at radius 3 is 2.54 bits per heavy atom. The molecule has 0 saturated heterocycles. The molecule has 1 amide bonds. The maximum Gasteiger partial charge on any atom is 0.253 e. The Bertz CT molecular complexity index is 804. The fraction of sp³-hybridized carbons (Fsp3) is 0.286. The molecule has 124 valence electrons. The van der Waals surface area contributed by atoms with E-state index in [0.29, 0.717) is 12.1 Å². The van der Waals surface area contributed by atoms with Gasteiger partial charge in [0.05, 0.1) is 16.8 Å². The molecular formula is C21H24N2O. The largest absolute Gasteiger partial charge is 0.376 e. The van der Waals surface area contributed by atoms with Crippen molar-refractivity contribution in [1.82, 2.24) is 5.32 Å². The third kappa shape index (κ3) is 3.35. The Balaban J connectivity index is 1.91. The van der Waals surface area contributed by atoms with Gasteiger partial charge in [0.15, 0.2) is 0 Å². The molecule has 1 aliphatic heterocycles. The molecule has 0 atom stereocenters. The Morgan fingerprint density at radius 2 is 1.83 bits per heavy atom. The van der Waals surface area contributed by atoms with Crippen molar-refractivity contribution in [3.63, 3.8) is 0 Å². The van der Waals surface area contributed by atoms with E-state index < -0.39 is 0 Å². The summed E-state index contributed by atoms with van der Waals surface area (Å²) in [5, 5.41) is 6.54. The average Bonchev–Trinajstić information content (AvgIpc) is 2.53. The van der Waals surface area contributed by atoms with Gasteiger partial charge < -0.3 is 10.6 Å². The number of carbonyl (C=O) groups is 1. The lowest BCUT2D eigenvalue weighted by Crippen LogP contribution is -2.34. The van der Waals surface area contributed by atoms with Crippen LogP contribution in [0.3, 0.4) is 0 Å². The highest BCUT2D eigenvalue weighted by molar-refractivity contribution is 6.03. The molecular weight excluding hydrogens is 296 g/mol. The number of nitrogens with one attached hydrogen (secondary N) is 2. The molecule has 0 radical (unpaired) electrons. The fourth-order valence-corrected chi connectivity index (χ4v) is 3.26. The lowest BCUT2D eigenvalue weighted by atomic mass is 9.88. The molecule has 2 aromatic rings. The second-order valence-corrected chi connectivity index (χ2v) is 7.08. The molecule has 3 rings (SSSR count). The smallest absolute Gasteiger partial charge is 0.253 e. The number of amides is 1.